The number of nitrogens with zero attached hydrogens (tertiary/aromatic N) is 2. The van der Waals surface area contributed by atoms with Gasteiger partial charge < -0.3 is 5.32 Å². The van der Waals surface area contributed by atoms with Crippen LogP contribution in [-0.2, 0) is 16.0 Å². The summed E-state index contributed by atoms with van der Waals surface area (Å²) in [6.07, 6.45) is 0.570. The molecule has 5 rings (SSSR count). The van der Waals surface area contributed by atoms with E-state index in [9.17, 15) is 9.59 Å². The molecule has 1 aliphatic heterocycles. The van der Waals surface area contributed by atoms with Crippen LogP contribution in [0.1, 0.15) is 18.3 Å². The number of hydrogen-bond acceptors (Lipinski definition) is 7. The molecule has 0 fully saturated rings. The molecule has 0 bridgehead atoms. The third-order valence-electron chi connectivity index (χ3n) is 4.88. The summed E-state index contributed by atoms with van der Waals surface area (Å²) in [5, 5.41) is 10.4. The van der Waals surface area contributed by atoms with Gasteiger partial charge in [0.25, 0.3) is 11.8 Å². The predicted molar refractivity (Wildman–Crippen MR) is 127 cm³/mol. The number of fused-ring (bicyclic) bond motifs is 1. The first-order chi connectivity index (χ1) is 14.6. The number of amides is 2. The van der Waals surface area contributed by atoms with Crippen LogP contribution in [0.3, 0.4) is 0 Å². The summed E-state index contributed by atoms with van der Waals surface area (Å²) in [5.74, 6) is 0.358. The minimum atomic E-state index is -0.443. The highest BCUT2D eigenvalue weighted by molar-refractivity contribution is 7.18. The van der Waals surface area contributed by atoms with Gasteiger partial charge in [-0.05, 0) is 23.9 Å². The molecule has 9 heteroatoms. The molecule has 0 atom stereocenters. The Labute approximate surface area is 192 Å². The Morgan fingerprint density at radius 3 is 2.48 bits per heavy atom. The average molecular weight is 469 g/mol. The number of benzene rings is 1. The lowest BCUT2D eigenvalue weighted by Crippen LogP contribution is -2.24. The maximum Gasteiger partial charge on any atom is 0.275 e. The Hall–Kier alpha value is -3.07. The van der Waals surface area contributed by atoms with E-state index in [0.717, 1.165) is 26.2 Å². The van der Waals surface area contributed by atoms with Gasteiger partial charge in [-0.1, -0.05) is 36.4 Å². The minimum Gasteiger partial charge on any atom is -0.335 e. The van der Waals surface area contributed by atoms with Crippen LogP contribution >= 0.6 is 35.1 Å². The fraction of sp³-hybridized carbons (Fsp3) is 0.0909. The van der Waals surface area contributed by atoms with Gasteiger partial charge in [-0.25, -0.2) is 9.97 Å². The molecule has 0 saturated heterocycles. The van der Waals surface area contributed by atoms with Crippen molar-refractivity contribution in [1.82, 2.24) is 15.3 Å². The molecular formula is C22H17ClN4O2S2. The molecule has 1 aromatic carbocycles. The van der Waals surface area contributed by atoms with Crippen LogP contribution in [0.4, 0.5) is 5.82 Å². The van der Waals surface area contributed by atoms with E-state index in [4.69, 9.17) is 9.97 Å². The number of hydrogen-bond donors (Lipinski definition) is 2. The van der Waals surface area contributed by atoms with Crippen LogP contribution < -0.4 is 10.6 Å². The molecule has 0 spiro atoms. The zero-order valence-corrected chi connectivity index (χ0v) is 18.8. The number of carbonyl (C=O) groups is 2. The summed E-state index contributed by atoms with van der Waals surface area (Å²) in [4.78, 5) is 35.6. The third kappa shape index (κ3) is 3.97. The monoisotopic (exact) mass is 468 g/mol. The molecule has 0 unspecified atom stereocenters. The van der Waals surface area contributed by atoms with Crippen LogP contribution in [0, 0.1) is 0 Å². The van der Waals surface area contributed by atoms with E-state index in [1.165, 1.54) is 0 Å². The first-order valence-corrected chi connectivity index (χ1v) is 11.1. The van der Waals surface area contributed by atoms with Crippen LogP contribution in [0.25, 0.3) is 20.7 Å². The second-order valence-corrected chi connectivity index (χ2v) is 8.67. The highest BCUT2D eigenvalue weighted by Crippen LogP contribution is 2.39. The van der Waals surface area contributed by atoms with Gasteiger partial charge >= 0.3 is 0 Å². The Morgan fingerprint density at radius 2 is 1.81 bits per heavy atom. The highest BCUT2D eigenvalue weighted by atomic mass is 35.5. The summed E-state index contributed by atoms with van der Waals surface area (Å²) in [6.45, 7) is 1.62. The molecule has 2 amide bonds. The first-order valence-electron chi connectivity index (χ1n) is 9.29. The van der Waals surface area contributed by atoms with Crippen molar-refractivity contribution in [3.63, 3.8) is 0 Å². The molecule has 2 N–H and O–H groups in total. The van der Waals surface area contributed by atoms with Crippen LogP contribution in [0.5, 0.6) is 0 Å². The van der Waals surface area contributed by atoms with Gasteiger partial charge in [-0.2, -0.15) is 0 Å². The number of imide groups is 1. The predicted octanol–water partition coefficient (Wildman–Crippen LogP) is 4.77. The summed E-state index contributed by atoms with van der Waals surface area (Å²) in [7, 11) is 0. The van der Waals surface area contributed by atoms with Crippen LogP contribution in [0.15, 0.2) is 64.5 Å². The van der Waals surface area contributed by atoms with Gasteiger partial charge in [0.2, 0.25) is 0 Å². The minimum absolute atomic E-state index is 0. The van der Waals surface area contributed by atoms with E-state index >= 15 is 0 Å². The highest BCUT2D eigenvalue weighted by Gasteiger charge is 2.28. The number of thiophene rings is 2. The maximum atomic E-state index is 12.3. The molecule has 4 heterocycles. The van der Waals surface area contributed by atoms with E-state index in [1.54, 1.807) is 29.6 Å². The number of nitrogens with one attached hydrogen (secondary N) is 2. The SMILES string of the molecule is CC1=C(Nc2nc(Cc3ccccc3)nc3scc(-c4cccs4)c23)C(=O)NC1=O.Cl. The largest absolute Gasteiger partial charge is 0.335 e. The quantitative estimate of drug-likeness (QED) is 0.412. The zero-order valence-electron chi connectivity index (χ0n) is 16.3. The Morgan fingerprint density at radius 1 is 1.00 bits per heavy atom. The Kier molecular flexibility index (Phi) is 5.86. The number of carbonyl (C=O) groups excluding carboxylic acids is 2. The first kappa shape index (κ1) is 21.2. The van der Waals surface area contributed by atoms with Crippen molar-refractivity contribution >= 4 is 62.9 Å². The number of anilines is 1. The summed E-state index contributed by atoms with van der Waals surface area (Å²) in [5.41, 5.74) is 2.70. The van der Waals surface area contributed by atoms with Crippen molar-refractivity contribution in [3.05, 3.63) is 75.9 Å². The van der Waals surface area contributed by atoms with Gasteiger partial charge in [0, 0.05) is 27.8 Å². The normalized spacial score (nSPS) is 13.5. The summed E-state index contributed by atoms with van der Waals surface area (Å²) >= 11 is 3.18. The smallest absolute Gasteiger partial charge is 0.275 e. The molecule has 31 heavy (non-hydrogen) atoms. The van der Waals surface area contributed by atoms with Crippen LogP contribution in [-0.4, -0.2) is 21.8 Å². The second kappa shape index (κ2) is 8.58. The van der Waals surface area contributed by atoms with E-state index in [-0.39, 0.29) is 24.0 Å². The molecule has 0 aliphatic carbocycles. The molecule has 6 nitrogen and oxygen atoms in total. The number of halogens is 1. The topological polar surface area (TPSA) is 84.0 Å². The molecular weight excluding hydrogens is 452 g/mol. The second-order valence-electron chi connectivity index (χ2n) is 6.87. The van der Waals surface area contributed by atoms with Crippen molar-refractivity contribution < 1.29 is 9.59 Å². The van der Waals surface area contributed by atoms with Crippen molar-refractivity contribution in [2.75, 3.05) is 5.32 Å². The zero-order chi connectivity index (χ0) is 20.7. The van der Waals surface area contributed by atoms with Crippen molar-refractivity contribution in [1.29, 1.82) is 0 Å². The van der Waals surface area contributed by atoms with Gasteiger partial charge in [-0.3, -0.25) is 14.9 Å². The standard InChI is InChI=1S/C22H16N4O2S2.ClH/c1-12-18(21(28)26-20(12)27)25-19-17-14(15-8-5-9-29-15)11-30-22(17)24-16(23-19)10-13-6-3-2-4-7-13;/h2-9,11H,10H2,1H3,(H2,23,24,25,26,27,28);1H. The Balaban J connectivity index is 0.00000231. The molecule has 0 radical (unpaired) electrons. The summed E-state index contributed by atoms with van der Waals surface area (Å²) in [6, 6.07) is 14.0. The van der Waals surface area contributed by atoms with E-state index in [0.29, 0.717) is 23.6 Å². The fourth-order valence-electron chi connectivity index (χ4n) is 3.36. The lowest BCUT2D eigenvalue weighted by Gasteiger charge is -2.11. The number of rotatable bonds is 5. The maximum absolute atomic E-state index is 12.3. The van der Waals surface area contributed by atoms with E-state index in [2.05, 4.69) is 16.0 Å². The molecule has 3 aromatic heterocycles. The van der Waals surface area contributed by atoms with Crippen molar-refractivity contribution in [2.45, 2.75) is 13.3 Å². The van der Waals surface area contributed by atoms with Crippen LogP contribution in [0.2, 0.25) is 0 Å². The third-order valence-corrected chi connectivity index (χ3v) is 6.66. The van der Waals surface area contributed by atoms with E-state index < -0.39 is 5.91 Å². The van der Waals surface area contributed by atoms with Crippen molar-refractivity contribution in [2.24, 2.45) is 0 Å². The summed E-state index contributed by atoms with van der Waals surface area (Å²) < 4.78 is 0. The fourth-order valence-corrected chi connectivity index (χ4v) is 5.14. The van der Waals surface area contributed by atoms with Gasteiger partial charge in [-0.15, -0.1) is 35.1 Å². The van der Waals surface area contributed by atoms with Gasteiger partial charge in [0.05, 0.1) is 5.39 Å². The van der Waals surface area contributed by atoms with E-state index in [1.807, 2.05) is 47.8 Å². The van der Waals surface area contributed by atoms with Gasteiger partial charge in [0.15, 0.2) is 0 Å². The van der Waals surface area contributed by atoms with Gasteiger partial charge in [0.1, 0.15) is 22.2 Å². The van der Waals surface area contributed by atoms with Crippen molar-refractivity contribution in [3.8, 4) is 10.4 Å². The Bertz CT molecular complexity index is 1310. The molecule has 0 saturated carbocycles. The lowest BCUT2D eigenvalue weighted by atomic mass is 10.1. The average Bonchev–Trinajstić information content (AvgIpc) is 3.45. The molecule has 156 valence electrons. The molecule has 4 aromatic rings. The lowest BCUT2D eigenvalue weighted by molar-refractivity contribution is -0.124. The molecule has 1 aliphatic rings. The number of aromatic nitrogens is 2.